The first kappa shape index (κ1) is 18.9. The number of aromatic nitrogens is 2. The van der Waals surface area contributed by atoms with Crippen molar-refractivity contribution >= 4 is 0 Å². The molecule has 3 aromatic rings. The maximum atomic E-state index is 5.74. The summed E-state index contributed by atoms with van der Waals surface area (Å²) in [5, 5.41) is 4.13. The van der Waals surface area contributed by atoms with Crippen LogP contribution in [0.25, 0.3) is 11.4 Å². The van der Waals surface area contributed by atoms with Gasteiger partial charge in [0, 0.05) is 11.6 Å². The molecular weight excluding hydrogens is 384 g/mol. The van der Waals surface area contributed by atoms with Gasteiger partial charge in [-0.15, -0.1) is 0 Å². The first-order valence-corrected chi connectivity index (χ1v) is 10.3. The first-order chi connectivity index (χ1) is 14.8. The molecule has 0 radical (unpaired) electrons. The fraction of sp³-hybridized carbons (Fsp3) is 0.364. The lowest BCUT2D eigenvalue weighted by Crippen LogP contribution is -2.26. The zero-order chi connectivity index (χ0) is 20.3. The summed E-state index contributed by atoms with van der Waals surface area (Å²) in [5.74, 6) is 3.41. The highest BCUT2D eigenvalue weighted by atomic mass is 16.7. The molecule has 2 unspecified atom stereocenters. The lowest BCUT2D eigenvalue weighted by molar-refractivity contribution is 0.174. The second-order valence-electron chi connectivity index (χ2n) is 7.42. The van der Waals surface area contributed by atoms with Gasteiger partial charge in [0.1, 0.15) is 11.8 Å². The standard InChI is InChI=1S/C22H24N4O4/c1-2-3-10-27-16-7-4-14(5-8-16)17-12-18(25-24-17)22-23-21(26-30-22)15-6-9-19-20(11-15)29-13-28-19/h4-9,11,17-18,24-25H,2-3,10,12-13H2,1H3. The maximum Gasteiger partial charge on any atom is 0.245 e. The second-order valence-corrected chi connectivity index (χ2v) is 7.42. The normalized spacial score (nSPS) is 19.9. The van der Waals surface area contributed by atoms with Crippen molar-refractivity contribution in [2.45, 2.75) is 38.3 Å². The van der Waals surface area contributed by atoms with Crippen LogP contribution in [0.3, 0.4) is 0 Å². The summed E-state index contributed by atoms with van der Waals surface area (Å²) in [7, 11) is 0. The van der Waals surface area contributed by atoms with Crippen LogP contribution in [0.2, 0.25) is 0 Å². The second kappa shape index (κ2) is 8.33. The SMILES string of the molecule is CCCCOc1ccc(C2CC(c3nc(-c4ccc5c(c4)OCO5)no3)NN2)cc1. The number of hydrogen-bond acceptors (Lipinski definition) is 8. The Balaban J connectivity index is 1.23. The molecule has 0 saturated carbocycles. The summed E-state index contributed by atoms with van der Waals surface area (Å²) in [5.41, 5.74) is 8.60. The third-order valence-corrected chi connectivity index (χ3v) is 5.32. The Hall–Kier alpha value is -3.10. The fourth-order valence-electron chi connectivity index (χ4n) is 3.60. The number of hydrazine groups is 1. The largest absolute Gasteiger partial charge is 0.494 e. The van der Waals surface area contributed by atoms with Crippen LogP contribution in [0.4, 0.5) is 0 Å². The van der Waals surface area contributed by atoms with Crippen LogP contribution in [-0.2, 0) is 0 Å². The van der Waals surface area contributed by atoms with E-state index in [4.69, 9.17) is 18.7 Å². The Morgan fingerprint density at radius 3 is 2.73 bits per heavy atom. The average molecular weight is 408 g/mol. The van der Waals surface area contributed by atoms with Crippen LogP contribution >= 0.6 is 0 Å². The Morgan fingerprint density at radius 1 is 1.03 bits per heavy atom. The van der Waals surface area contributed by atoms with Gasteiger partial charge in [-0.3, -0.25) is 0 Å². The van der Waals surface area contributed by atoms with Crippen molar-refractivity contribution in [3.05, 3.63) is 53.9 Å². The van der Waals surface area contributed by atoms with E-state index in [0.29, 0.717) is 17.5 Å². The molecule has 30 heavy (non-hydrogen) atoms. The van der Waals surface area contributed by atoms with Crippen LogP contribution in [0.5, 0.6) is 17.2 Å². The predicted molar refractivity (Wildman–Crippen MR) is 109 cm³/mol. The van der Waals surface area contributed by atoms with Gasteiger partial charge >= 0.3 is 0 Å². The number of hydrogen-bond donors (Lipinski definition) is 2. The van der Waals surface area contributed by atoms with E-state index in [0.717, 1.165) is 42.9 Å². The van der Waals surface area contributed by atoms with Crippen molar-refractivity contribution in [2.24, 2.45) is 0 Å². The number of ether oxygens (including phenoxy) is 3. The van der Waals surface area contributed by atoms with Gasteiger partial charge in [-0.2, -0.15) is 4.98 Å². The summed E-state index contributed by atoms with van der Waals surface area (Å²) in [6.45, 7) is 3.15. The van der Waals surface area contributed by atoms with Crippen LogP contribution in [0, 0.1) is 0 Å². The summed E-state index contributed by atoms with van der Waals surface area (Å²) in [6, 6.07) is 13.9. The fourth-order valence-corrected chi connectivity index (χ4v) is 3.60. The minimum absolute atomic E-state index is 0.0641. The van der Waals surface area contributed by atoms with Crippen molar-refractivity contribution in [1.29, 1.82) is 0 Å². The minimum Gasteiger partial charge on any atom is -0.494 e. The van der Waals surface area contributed by atoms with Crippen molar-refractivity contribution in [3.8, 4) is 28.6 Å². The molecule has 1 fully saturated rings. The van der Waals surface area contributed by atoms with Gasteiger partial charge in [-0.1, -0.05) is 30.6 Å². The third kappa shape index (κ3) is 3.83. The molecule has 5 rings (SSSR count). The number of rotatable bonds is 7. The topological polar surface area (TPSA) is 90.7 Å². The highest BCUT2D eigenvalue weighted by molar-refractivity contribution is 5.61. The predicted octanol–water partition coefficient (Wildman–Crippen LogP) is 3.92. The number of nitrogens with one attached hydrogen (secondary N) is 2. The van der Waals surface area contributed by atoms with E-state index in [1.54, 1.807) is 0 Å². The molecule has 8 nitrogen and oxygen atoms in total. The minimum atomic E-state index is -0.0641. The molecule has 3 heterocycles. The zero-order valence-corrected chi connectivity index (χ0v) is 16.8. The van der Waals surface area contributed by atoms with Crippen molar-refractivity contribution in [3.63, 3.8) is 0 Å². The molecule has 2 aromatic carbocycles. The molecule has 1 saturated heterocycles. The van der Waals surface area contributed by atoms with E-state index in [9.17, 15) is 0 Å². The van der Waals surface area contributed by atoms with Crippen LogP contribution in [-0.4, -0.2) is 23.5 Å². The van der Waals surface area contributed by atoms with E-state index in [2.05, 4.69) is 40.0 Å². The van der Waals surface area contributed by atoms with Crippen LogP contribution in [0.1, 0.15) is 49.7 Å². The Labute approximate surface area is 174 Å². The summed E-state index contributed by atoms with van der Waals surface area (Å²) in [4.78, 5) is 4.58. The van der Waals surface area contributed by atoms with Gasteiger partial charge in [0.2, 0.25) is 18.5 Å². The van der Waals surface area contributed by atoms with E-state index in [1.807, 2.05) is 30.3 Å². The summed E-state index contributed by atoms with van der Waals surface area (Å²) in [6.07, 6.45) is 3.00. The highest BCUT2D eigenvalue weighted by Gasteiger charge is 2.30. The Morgan fingerprint density at radius 2 is 1.87 bits per heavy atom. The molecule has 0 amide bonds. The zero-order valence-electron chi connectivity index (χ0n) is 16.8. The van der Waals surface area contributed by atoms with E-state index in [-0.39, 0.29) is 18.9 Å². The lowest BCUT2D eigenvalue weighted by Gasteiger charge is -2.11. The molecule has 2 aliphatic rings. The lowest BCUT2D eigenvalue weighted by atomic mass is 10.0. The number of benzene rings is 2. The average Bonchev–Trinajstić information content (AvgIpc) is 3.54. The molecule has 8 heteroatoms. The van der Waals surface area contributed by atoms with Crippen molar-refractivity contribution in [1.82, 2.24) is 21.0 Å². The quantitative estimate of drug-likeness (QED) is 0.569. The van der Waals surface area contributed by atoms with Gasteiger partial charge in [-0.05, 0) is 48.7 Å². The van der Waals surface area contributed by atoms with Gasteiger partial charge in [-0.25, -0.2) is 10.9 Å². The number of unbranched alkanes of at least 4 members (excludes halogenated alkanes) is 1. The van der Waals surface area contributed by atoms with Crippen LogP contribution < -0.4 is 25.1 Å². The van der Waals surface area contributed by atoms with E-state index in [1.165, 1.54) is 5.56 Å². The van der Waals surface area contributed by atoms with Gasteiger partial charge in [0.05, 0.1) is 6.61 Å². The summed E-state index contributed by atoms with van der Waals surface area (Å²) >= 11 is 0. The highest BCUT2D eigenvalue weighted by Crippen LogP contribution is 2.36. The number of nitrogens with zero attached hydrogens (tertiary/aromatic N) is 2. The molecule has 1 aromatic heterocycles. The van der Waals surface area contributed by atoms with E-state index < -0.39 is 0 Å². The first-order valence-electron chi connectivity index (χ1n) is 10.3. The Kier molecular flexibility index (Phi) is 5.25. The van der Waals surface area contributed by atoms with Gasteiger partial charge in [0.25, 0.3) is 0 Å². The molecule has 2 N–H and O–H groups in total. The van der Waals surface area contributed by atoms with Gasteiger partial charge in [0.15, 0.2) is 11.5 Å². The van der Waals surface area contributed by atoms with Crippen molar-refractivity contribution in [2.75, 3.05) is 13.4 Å². The monoisotopic (exact) mass is 408 g/mol. The van der Waals surface area contributed by atoms with Crippen LogP contribution in [0.15, 0.2) is 47.0 Å². The molecule has 156 valence electrons. The van der Waals surface area contributed by atoms with Crippen molar-refractivity contribution < 1.29 is 18.7 Å². The smallest absolute Gasteiger partial charge is 0.245 e. The molecule has 2 atom stereocenters. The third-order valence-electron chi connectivity index (χ3n) is 5.32. The Bertz CT molecular complexity index is 1000. The molecule has 0 bridgehead atoms. The van der Waals surface area contributed by atoms with E-state index >= 15 is 0 Å². The maximum absolute atomic E-state index is 5.74. The summed E-state index contributed by atoms with van der Waals surface area (Å²) < 4.78 is 22.0. The number of fused-ring (bicyclic) bond motifs is 1. The molecule has 0 spiro atoms. The molecule has 0 aliphatic carbocycles. The molecule has 2 aliphatic heterocycles. The van der Waals surface area contributed by atoms with Gasteiger partial charge < -0.3 is 18.7 Å². The molecular formula is C22H24N4O4.